The van der Waals surface area contributed by atoms with Crippen molar-refractivity contribution >= 4 is 10.8 Å². The first kappa shape index (κ1) is 20.9. The van der Waals surface area contributed by atoms with Crippen LogP contribution in [0.15, 0.2) is 78.9 Å². The van der Waals surface area contributed by atoms with Gasteiger partial charge in [-0.2, -0.15) is 0 Å². The fraction of sp³-hybridized carbons (Fsp3) is 0.154. The normalized spacial score (nSPS) is 11.6. The van der Waals surface area contributed by atoms with E-state index < -0.39 is 17.9 Å². The van der Waals surface area contributed by atoms with Gasteiger partial charge in [-0.1, -0.05) is 74.0 Å². The van der Waals surface area contributed by atoms with Gasteiger partial charge in [0, 0.05) is 0 Å². The molecular formula is C26H20F4O. The van der Waals surface area contributed by atoms with Crippen LogP contribution in [0.25, 0.3) is 33.0 Å². The number of hydrogen-bond acceptors (Lipinski definition) is 1. The van der Waals surface area contributed by atoms with E-state index in [1.54, 1.807) is 0 Å². The summed E-state index contributed by atoms with van der Waals surface area (Å²) in [6, 6.07) is 23.7. The maximum atomic E-state index is 14.0. The fourth-order valence-corrected chi connectivity index (χ4v) is 3.66. The van der Waals surface area contributed by atoms with Crippen LogP contribution in [0, 0.1) is 5.82 Å². The summed E-state index contributed by atoms with van der Waals surface area (Å²) in [5.74, 6) is -1.90. The summed E-state index contributed by atoms with van der Waals surface area (Å²) in [5.41, 5.74) is 4.56. The van der Waals surface area contributed by atoms with Crippen LogP contribution in [0.5, 0.6) is 5.75 Å². The lowest BCUT2D eigenvalue weighted by Crippen LogP contribution is -2.17. The molecule has 0 spiro atoms. The van der Waals surface area contributed by atoms with Gasteiger partial charge < -0.3 is 4.74 Å². The molecule has 0 amide bonds. The molecule has 0 atom stereocenters. The predicted molar refractivity (Wildman–Crippen MR) is 115 cm³/mol. The molecule has 4 rings (SSSR count). The SMILES string of the molecule is CCCc1ccc2cc(-c3ccc(-c4ccc(OC(F)(F)F)c(F)c4)cc3)ccc2c1. The third-order valence-electron chi connectivity index (χ3n) is 5.15. The van der Waals surface area contributed by atoms with Gasteiger partial charge in [-0.25, -0.2) is 4.39 Å². The van der Waals surface area contributed by atoms with Gasteiger partial charge in [-0.15, -0.1) is 13.2 Å². The second-order valence-corrected chi connectivity index (χ2v) is 7.42. The number of fused-ring (bicyclic) bond motifs is 1. The molecule has 4 aromatic carbocycles. The van der Waals surface area contributed by atoms with E-state index in [4.69, 9.17) is 0 Å². The van der Waals surface area contributed by atoms with Crippen molar-refractivity contribution in [3.8, 4) is 28.0 Å². The number of hydrogen-bond donors (Lipinski definition) is 0. The van der Waals surface area contributed by atoms with Crippen LogP contribution in [0.4, 0.5) is 17.6 Å². The lowest BCUT2D eigenvalue weighted by Gasteiger charge is -2.11. The van der Waals surface area contributed by atoms with Gasteiger partial charge in [0.15, 0.2) is 11.6 Å². The smallest absolute Gasteiger partial charge is 0.403 e. The van der Waals surface area contributed by atoms with Crippen molar-refractivity contribution in [2.24, 2.45) is 0 Å². The second kappa shape index (κ2) is 8.42. The molecule has 0 unspecified atom stereocenters. The molecule has 4 aromatic rings. The highest BCUT2D eigenvalue weighted by atomic mass is 19.4. The lowest BCUT2D eigenvalue weighted by atomic mass is 9.97. The Kier molecular flexibility index (Phi) is 5.68. The van der Waals surface area contributed by atoms with E-state index in [-0.39, 0.29) is 0 Å². The highest BCUT2D eigenvalue weighted by Crippen LogP contribution is 2.31. The summed E-state index contributed by atoms with van der Waals surface area (Å²) >= 11 is 0. The van der Waals surface area contributed by atoms with Crippen LogP contribution in [0.3, 0.4) is 0 Å². The molecule has 0 saturated heterocycles. The minimum absolute atomic E-state index is 0.473. The van der Waals surface area contributed by atoms with Crippen LogP contribution >= 0.6 is 0 Å². The molecule has 31 heavy (non-hydrogen) atoms. The third kappa shape index (κ3) is 4.88. The Morgan fingerprint density at radius 1 is 0.677 bits per heavy atom. The van der Waals surface area contributed by atoms with E-state index in [0.29, 0.717) is 11.1 Å². The Morgan fingerprint density at radius 2 is 1.23 bits per heavy atom. The number of alkyl halides is 3. The minimum Gasteiger partial charge on any atom is -0.403 e. The largest absolute Gasteiger partial charge is 0.573 e. The molecule has 0 aliphatic heterocycles. The van der Waals surface area contributed by atoms with E-state index in [1.807, 2.05) is 24.3 Å². The Hall–Kier alpha value is -3.34. The number of halogens is 4. The van der Waals surface area contributed by atoms with Gasteiger partial charge >= 0.3 is 6.36 Å². The number of aryl methyl sites for hydroxylation is 1. The average molecular weight is 424 g/mol. The van der Waals surface area contributed by atoms with E-state index in [0.717, 1.165) is 41.5 Å². The number of rotatable bonds is 5. The molecule has 0 fully saturated rings. The van der Waals surface area contributed by atoms with Crippen LogP contribution in [0.2, 0.25) is 0 Å². The average Bonchev–Trinajstić information content (AvgIpc) is 2.74. The molecule has 5 heteroatoms. The van der Waals surface area contributed by atoms with Crippen molar-refractivity contribution < 1.29 is 22.3 Å². The Morgan fingerprint density at radius 3 is 1.84 bits per heavy atom. The number of ether oxygens (including phenoxy) is 1. The molecule has 0 N–H and O–H groups in total. The quantitative estimate of drug-likeness (QED) is 0.294. The number of benzene rings is 4. The fourth-order valence-electron chi connectivity index (χ4n) is 3.66. The van der Waals surface area contributed by atoms with Crippen LogP contribution in [0.1, 0.15) is 18.9 Å². The Bertz CT molecular complexity index is 1210. The highest BCUT2D eigenvalue weighted by Gasteiger charge is 2.32. The van der Waals surface area contributed by atoms with Gasteiger partial charge in [0.1, 0.15) is 0 Å². The topological polar surface area (TPSA) is 9.23 Å². The Labute approximate surface area is 177 Å². The Balaban J connectivity index is 1.58. The first-order valence-electron chi connectivity index (χ1n) is 10.0. The predicted octanol–water partition coefficient (Wildman–Crippen LogP) is 8.16. The second-order valence-electron chi connectivity index (χ2n) is 7.42. The molecule has 0 bridgehead atoms. The van der Waals surface area contributed by atoms with Gasteiger partial charge in [0.2, 0.25) is 0 Å². The van der Waals surface area contributed by atoms with E-state index in [9.17, 15) is 17.6 Å². The van der Waals surface area contributed by atoms with Gasteiger partial charge in [-0.3, -0.25) is 0 Å². The summed E-state index contributed by atoms with van der Waals surface area (Å²) in [7, 11) is 0. The maximum absolute atomic E-state index is 14.0. The van der Waals surface area contributed by atoms with Crippen LogP contribution in [-0.2, 0) is 6.42 Å². The molecule has 0 aromatic heterocycles. The van der Waals surface area contributed by atoms with Crippen molar-refractivity contribution in [1.29, 1.82) is 0 Å². The highest BCUT2D eigenvalue weighted by molar-refractivity contribution is 5.88. The molecule has 0 saturated carbocycles. The van der Waals surface area contributed by atoms with Crippen LogP contribution in [-0.4, -0.2) is 6.36 Å². The van der Waals surface area contributed by atoms with E-state index in [2.05, 4.69) is 48.1 Å². The molecule has 1 nitrogen and oxygen atoms in total. The van der Waals surface area contributed by atoms with Crippen molar-refractivity contribution in [3.05, 3.63) is 90.2 Å². The standard InChI is InChI=1S/C26H20F4O/c1-2-3-17-4-5-22-15-21(11-10-20(22)14-17)18-6-8-19(9-7-18)23-12-13-25(24(27)16-23)31-26(28,29)30/h4-16H,2-3H2,1H3. The first-order valence-corrected chi connectivity index (χ1v) is 10.0. The molecule has 158 valence electrons. The van der Waals surface area contributed by atoms with E-state index in [1.165, 1.54) is 17.0 Å². The maximum Gasteiger partial charge on any atom is 0.573 e. The van der Waals surface area contributed by atoms with Crippen molar-refractivity contribution in [2.45, 2.75) is 26.1 Å². The van der Waals surface area contributed by atoms with Gasteiger partial charge in [-0.05, 0) is 63.2 Å². The van der Waals surface area contributed by atoms with Crippen molar-refractivity contribution in [2.75, 3.05) is 0 Å². The molecule has 0 aliphatic carbocycles. The van der Waals surface area contributed by atoms with Crippen molar-refractivity contribution in [1.82, 2.24) is 0 Å². The zero-order valence-electron chi connectivity index (χ0n) is 16.8. The lowest BCUT2D eigenvalue weighted by molar-refractivity contribution is -0.275. The summed E-state index contributed by atoms with van der Waals surface area (Å²) in [6.45, 7) is 2.16. The van der Waals surface area contributed by atoms with Crippen LogP contribution < -0.4 is 4.74 Å². The third-order valence-corrected chi connectivity index (χ3v) is 5.15. The summed E-state index contributed by atoms with van der Waals surface area (Å²) in [4.78, 5) is 0. The molecule has 0 heterocycles. The monoisotopic (exact) mass is 424 g/mol. The summed E-state index contributed by atoms with van der Waals surface area (Å²) in [6.07, 6.45) is -2.76. The molecular weight excluding hydrogens is 404 g/mol. The molecule has 0 aliphatic rings. The summed E-state index contributed by atoms with van der Waals surface area (Å²) < 4.78 is 54.6. The van der Waals surface area contributed by atoms with Crippen molar-refractivity contribution in [3.63, 3.8) is 0 Å². The zero-order chi connectivity index (χ0) is 22.0. The minimum atomic E-state index is -4.93. The summed E-state index contributed by atoms with van der Waals surface area (Å²) in [5, 5.41) is 2.35. The molecule has 0 radical (unpaired) electrons. The van der Waals surface area contributed by atoms with Gasteiger partial charge in [0.05, 0.1) is 0 Å². The van der Waals surface area contributed by atoms with E-state index >= 15 is 0 Å². The van der Waals surface area contributed by atoms with Gasteiger partial charge in [0.25, 0.3) is 0 Å². The zero-order valence-corrected chi connectivity index (χ0v) is 16.8. The first-order chi connectivity index (χ1) is 14.8.